The maximum Gasteiger partial charge on any atom is 0.430 e. The molecule has 0 bridgehead atoms. The highest BCUT2D eigenvalue weighted by Crippen LogP contribution is 2.54. The zero-order valence-electron chi connectivity index (χ0n) is 22.6. The Kier molecular flexibility index (Phi) is 10.2. The Balaban J connectivity index is 2.16. The maximum absolute atomic E-state index is 13.5. The predicted molar refractivity (Wildman–Crippen MR) is 148 cm³/mol. The van der Waals surface area contributed by atoms with Crippen LogP contribution in [0.15, 0.2) is 16.5 Å². The van der Waals surface area contributed by atoms with Crippen molar-refractivity contribution in [1.29, 1.82) is 0 Å². The van der Waals surface area contributed by atoms with Crippen molar-refractivity contribution < 1.29 is 50.0 Å². The Labute approximate surface area is 255 Å². The molecule has 1 fully saturated rings. The Morgan fingerprint density at radius 2 is 1.58 bits per heavy atom. The van der Waals surface area contributed by atoms with Gasteiger partial charge in [-0.2, -0.15) is 30.7 Å². The van der Waals surface area contributed by atoms with Crippen LogP contribution in [0.25, 0.3) is 10.4 Å². The number of hydrogen-bond donors (Lipinski definition) is 1. The molecular weight excluding hydrogens is 673 g/mol. The summed E-state index contributed by atoms with van der Waals surface area (Å²) in [5.74, 6) is -2.26. The summed E-state index contributed by atoms with van der Waals surface area (Å²) < 4.78 is 97.5. The summed E-state index contributed by atoms with van der Waals surface area (Å²) in [6, 6.07) is 1.00. The van der Waals surface area contributed by atoms with Gasteiger partial charge in [-0.3, -0.25) is 14.4 Å². The van der Waals surface area contributed by atoms with E-state index in [2.05, 4.69) is 9.35 Å². The summed E-state index contributed by atoms with van der Waals surface area (Å²) in [4.78, 5) is 44.5. The lowest BCUT2D eigenvalue weighted by molar-refractivity contribution is -0.376. The molecule has 2 heterocycles. The molecule has 2 aromatic rings. The first-order valence-electron chi connectivity index (χ1n) is 12.4. The van der Waals surface area contributed by atoms with E-state index in [9.17, 15) is 50.0 Å². The fourth-order valence-electron chi connectivity index (χ4n) is 4.25. The number of aliphatic hydroxyl groups is 1. The number of rotatable bonds is 6. The van der Waals surface area contributed by atoms with Crippen LogP contribution in [0.4, 0.5) is 26.3 Å². The molecule has 3 rings (SSSR count). The fourth-order valence-corrected chi connectivity index (χ4v) is 7.79. The number of carbonyl (C=O) groups excluding carboxylic acids is 3. The summed E-state index contributed by atoms with van der Waals surface area (Å²) in [5.41, 5.74) is -7.82. The number of amides is 3. The van der Waals surface area contributed by atoms with E-state index >= 15 is 0 Å². The molecule has 1 aliphatic heterocycles. The molecule has 9 nitrogen and oxygen atoms in total. The molecule has 1 saturated heterocycles. The van der Waals surface area contributed by atoms with Crippen LogP contribution in [0.2, 0.25) is 10.0 Å². The Hall–Kier alpha value is -2.47. The summed E-state index contributed by atoms with van der Waals surface area (Å²) >= 11 is 12.7. The van der Waals surface area contributed by atoms with E-state index in [0.717, 1.165) is 6.92 Å². The van der Waals surface area contributed by atoms with Gasteiger partial charge in [-0.1, -0.05) is 35.3 Å². The Bertz CT molecular complexity index is 1540. The van der Waals surface area contributed by atoms with Crippen molar-refractivity contribution in [3.8, 4) is 10.4 Å². The average molecular weight is 698 g/mol. The van der Waals surface area contributed by atoms with E-state index in [1.807, 2.05) is 0 Å². The van der Waals surface area contributed by atoms with Crippen molar-refractivity contribution in [2.45, 2.75) is 38.7 Å². The van der Waals surface area contributed by atoms with Crippen LogP contribution in [0.1, 0.15) is 46.6 Å². The van der Waals surface area contributed by atoms with E-state index in [-0.39, 0.29) is 64.9 Å². The average Bonchev–Trinajstić information content (AvgIpc) is 3.33. The number of carbonyl (C=O) groups is 3. The summed E-state index contributed by atoms with van der Waals surface area (Å²) in [7, 11) is -2.87. The van der Waals surface area contributed by atoms with Crippen LogP contribution in [-0.2, 0) is 20.1 Å². The molecule has 0 saturated carbocycles. The smallest absolute Gasteiger partial charge is 0.369 e. The molecule has 1 aromatic carbocycles. The second-order valence-electron chi connectivity index (χ2n) is 9.25. The molecule has 238 valence electrons. The van der Waals surface area contributed by atoms with E-state index in [1.165, 1.54) is 9.80 Å². The van der Waals surface area contributed by atoms with Gasteiger partial charge >= 0.3 is 12.4 Å². The summed E-state index contributed by atoms with van der Waals surface area (Å²) in [5, 5.41) is 7.44. The van der Waals surface area contributed by atoms with Crippen LogP contribution in [0, 0.1) is 0 Å². The fraction of sp³-hybridized carbons (Fsp3) is 0.500. The van der Waals surface area contributed by atoms with Gasteiger partial charge in [-0.15, -0.1) is 11.3 Å². The largest absolute Gasteiger partial charge is 0.430 e. The van der Waals surface area contributed by atoms with Crippen LogP contribution >= 0.6 is 34.5 Å². The highest BCUT2D eigenvalue weighted by molar-refractivity contribution is 7.94. The van der Waals surface area contributed by atoms with Gasteiger partial charge in [0.1, 0.15) is 5.69 Å². The van der Waals surface area contributed by atoms with Gasteiger partial charge < -0.3 is 14.9 Å². The molecule has 0 aliphatic carbocycles. The highest BCUT2D eigenvalue weighted by Gasteiger charge is 2.72. The molecule has 1 aromatic heterocycles. The number of nitrogens with zero attached hydrogens (tertiary/aromatic N) is 4. The first kappa shape index (κ1) is 35.0. The summed E-state index contributed by atoms with van der Waals surface area (Å²) in [6.07, 6.45) is -12.5. The van der Waals surface area contributed by atoms with Gasteiger partial charge in [0.05, 0.1) is 24.7 Å². The number of hydrogen-bond acceptors (Lipinski definition) is 7. The van der Waals surface area contributed by atoms with E-state index in [4.69, 9.17) is 23.2 Å². The maximum atomic E-state index is 13.5. The first-order valence-corrected chi connectivity index (χ1v) is 15.8. The van der Waals surface area contributed by atoms with Gasteiger partial charge in [0.2, 0.25) is 0 Å². The van der Waals surface area contributed by atoms with Gasteiger partial charge in [0, 0.05) is 55.7 Å². The Morgan fingerprint density at radius 1 is 1.05 bits per heavy atom. The predicted octanol–water partition coefficient (Wildman–Crippen LogP) is 5.38. The molecular formula is C24H24Cl2F6N4O5S2. The van der Waals surface area contributed by atoms with Crippen LogP contribution in [0.3, 0.4) is 0 Å². The molecule has 3 amide bonds. The van der Waals surface area contributed by atoms with Gasteiger partial charge in [0.25, 0.3) is 23.3 Å². The third-order valence-electron chi connectivity index (χ3n) is 6.54. The topological polar surface area (TPSA) is 120 Å². The number of alkyl halides is 6. The summed E-state index contributed by atoms with van der Waals surface area (Å²) in [6.45, 7) is 4.66. The van der Waals surface area contributed by atoms with Crippen molar-refractivity contribution >= 4 is 62.0 Å². The zero-order chi connectivity index (χ0) is 32.7. The molecule has 19 heteroatoms. The molecule has 0 unspecified atom stereocenters. The highest BCUT2D eigenvalue weighted by atomic mass is 35.5. The Morgan fingerprint density at radius 3 is 2.05 bits per heavy atom. The van der Waals surface area contributed by atoms with Crippen molar-refractivity contribution in [3.05, 3.63) is 38.4 Å². The lowest BCUT2D eigenvalue weighted by Gasteiger charge is -2.33. The normalized spacial score (nSPS) is 15.8. The molecule has 0 spiro atoms. The third-order valence-corrected chi connectivity index (χ3v) is 10.7. The molecule has 1 N–H and O–H groups in total. The van der Waals surface area contributed by atoms with Crippen molar-refractivity contribution in [2.75, 3.05) is 37.7 Å². The second kappa shape index (κ2) is 12.5. The molecule has 0 radical (unpaired) electrons. The van der Waals surface area contributed by atoms with E-state index in [1.54, 1.807) is 13.8 Å². The number of halogens is 8. The lowest BCUT2D eigenvalue weighted by Crippen LogP contribution is -2.54. The minimum atomic E-state index is -6.23. The van der Waals surface area contributed by atoms with Crippen molar-refractivity contribution in [2.24, 2.45) is 4.36 Å². The van der Waals surface area contributed by atoms with Crippen LogP contribution in [0.5, 0.6) is 0 Å². The number of thiazole rings is 1. The SMILES string of the molecule is CCN(CC)C(=O)c1nc(C(=O)N2CCS(=O)(=NC(C)=O)CC2)sc1-c1ccc(C(O)(C(F)(F)F)C(F)(F)F)c(Cl)c1Cl. The van der Waals surface area contributed by atoms with Gasteiger partial charge in [0.15, 0.2) is 5.01 Å². The van der Waals surface area contributed by atoms with Crippen LogP contribution in [-0.4, -0.2) is 91.9 Å². The number of aromatic nitrogens is 1. The standard InChI is InChI=1S/C24H24Cl2F6N4O5S2/c1-4-35(5-2)20(38)17-18(42-19(33-17)21(39)36-8-10-43(41,11-9-36)34-12(3)37)13-6-7-14(16(26)15(13)25)22(40,23(27,28)29)24(30,31)32/h6-7,40H,4-5,8-11H2,1-3H3. The van der Waals surface area contributed by atoms with Crippen LogP contribution < -0.4 is 0 Å². The van der Waals surface area contributed by atoms with Crippen molar-refractivity contribution in [1.82, 2.24) is 14.8 Å². The lowest BCUT2D eigenvalue weighted by atomic mass is 9.91. The van der Waals surface area contributed by atoms with Gasteiger partial charge in [-0.25, -0.2) is 9.19 Å². The first-order chi connectivity index (χ1) is 19.7. The minimum absolute atomic E-state index is 0.0720. The molecule has 43 heavy (non-hydrogen) atoms. The zero-order valence-corrected chi connectivity index (χ0v) is 25.8. The second-order valence-corrected chi connectivity index (χ2v) is 13.6. The number of benzene rings is 1. The third kappa shape index (κ3) is 6.65. The minimum Gasteiger partial charge on any atom is -0.369 e. The quantitative estimate of drug-likeness (QED) is 0.405. The molecule has 0 atom stereocenters. The van der Waals surface area contributed by atoms with E-state index in [0.29, 0.717) is 17.4 Å². The van der Waals surface area contributed by atoms with Gasteiger partial charge in [-0.05, 0) is 13.8 Å². The monoisotopic (exact) mass is 696 g/mol. The van der Waals surface area contributed by atoms with E-state index < -0.39 is 61.0 Å². The van der Waals surface area contributed by atoms with Crippen molar-refractivity contribution in [3.63, 3.8) is 0 Å². The molecule has 1 aliphatic rings.